The number of carboxylic acids is 1. The Kier molecular flexibility index (Phi) is 7.40. The number of carbonyl (C=O) groups is 2. The third-order valence-electron chi connectivity index (χ3n) is 5.30. The lowest BCUT2D eigenvalue weighted by Crippen LogP contribution is -2.49. The lowest BCUT2D eigenvalue weighted by atomic mass is 9.86. The monoisotopic (exact) mass is 497 g/mol. The standard InChI is InChI=1S/C24H26F3NO5S/c1-13-11-17-18(34-13)10-9-16(21(29)28-20(22(30)31)23(2,3)4)19(17)32-12-14-5-7-15(8-6-14)33-24(25,26)27/h5-11,17-18,20H,12H2,1-4H3,(H,28,29)(H,30,31)/t17?,18?,20-/m1/s1. The van der Waals surface area contributed by atoms with Crippen molar-refractivity contribution in [3.63, 3.8) is 0 Å². The van der Waals surface area contributed by atoms with Gasteiger partial charge in [0.25, 0.3) is 5.91 Å². The number of alkyl halides is 3. The highest BCUT2D eigenvalue weighted by Crippen LogP contribution is 2.44. The maximum Gasteiger partial charge on any atom is 0.573 e. The van der Waals surface area contributed by atoms with Crippen molar-refractivity contribution in [3.8, 4) is 5.75 Å². The SMILES string of the molecule is CC1=CC2C(OCc3ccc(OC(F)(F)F)cc3)=C(C(=O)N[C@H](C(=O)O)C(C)(C)C)C=CC2S1. The molecule has 1 aliphatic heterocycles. The Balaban J connectivity index is 1.84. The van der Waals surface area contributed by atoms with Gasteiger partial charge in [-0.2, -0.15) is 0 Å². The molecule has 0 saturated carbocycles. The van der Waals surface area contributed by atoms with Crippen LogP contribution in [0.25, 0.3) is 0 Å². The van der Waals surface area contributed by atoms with Gasteiger partial charge in [-0.3, -0.25) is 4.79 Å². The van der Waals surface area contributed by atoms with Crippen molar-refractivity contribution in [2.45, 2.75) is 52.0 Å². The van der Waals surface area contributed by atoms with Crippen LogP contribution in [-0.2, 0) is 20.9 Å². The van der Waals surface area contributed by atoms with Crippen molar-refractivity contribution in [2.75, 3.05) is 0 Å². The van der Waals surface area contributed by atoms with Gasteiger partial charge in [-0.15, -0.1) is 24.9 Å². The first-order chi connectivity index (χ1) is 15.7. The van der Waals surface area contributed by atoms with E-state index >= 15 is 0 Å². The van der Waals surface area contributed by atoms with Gasteiger partial charge in [0.2, 0.25) is 0 Å². The Bertz CT molecular complexity index is 1040. The highest BCUT2D eigenvalue weighted by atomic mass is 32.2. The zero-order valence-corrected chi connectivity index (χ0v) is 19.9. The second kappa shape index (κ2) is 9.77. The summed E-state index contributed by atoms with van der Waals surface area (Å²) in [6, 6.07) is 4.16. The van der Waals surface area contributed by atoms with Crippen molar-refractivity contribution in [3.05, 3.63) is 64.3 Å². The smallest absolute Gasteiger partial charge is 0.492 e. The van der Waals surface area contributed by atoms with E-state index in [-0.39, 0.29) is 29.1 Å². The fourth-order valence-electron chi connectivity index (χ4n) is 3.68. The van der Waals surface area contributed by atoms with Gasteiger partial charge in [-0.25, -0.2) is 4.79 Å². The molecule has 1 amide bonds. The first-order valence-corrected chi connectivity index (χ1v) is 11.4. The Morgan fingerprint density at radius 1 is 1.18 bits per heavy atom. The Morgan fingerprint density at radius 3 is 2.38 bits per heavy atom. The summed E-state index contributed by atoms with van der Waals surface area (Å²) in [7, 11) is 0. The fraction of sp³-hybridized carbons (Fsp3) is 0.417. The molecule has 2 aliphatic rings. The van der Waals surface area contributed by atoms with Crippen molar-refractivity contribution < 1.29 is 37.3 Å². The molecule has 0 fully saturated rings. The van der Waals surface area contributed by atoms with E-state index in [9.17, 15) is 27.9 Å². The van der Waals surface area contributed by atoms with Gasteiger partial charge < -0.3 is 19.9 Å². The molecular weight excluding hydrogens is 471 g/mol. The van der Waals surface area contributed by atoms with Gasteiger partial charge in [0, 0.05) is 5.25 Å². The van der Waals surface area contributed by atoms with E-state index in [1.54, 1.807) is 38.6 Å². The average molecular weight is 498 g/mol. The number of ether oxygens (including phenoxy) is 2. The largest absolute Gasteiger partial charge is 0.573 e. The average Bonchev–Trinajstić information content (AvgIpc) is 3.09. The second-order valence-corrected chi connectivity index (χ2v) is 10.5. The predicted octanol–water partition coefficient (Wildman–Crippen LogP) is 5.18. The van der Waals surface area contributed by atoms with Crippen LogP contribution in [-0.4, -0.2) is 34.6 Å². The first-order valence-electron chi connectivity index (χ1n) is 10.5. The molecule has 184 valence electrons. The van der Waals surface area contributed by atoms with E-state index in [0.29, 0.717) is 11.3 Å². The van der Waals surface area contributed by atoms with Crippen LogP contribution in [0.15, 0.2) is 58.7 Å². The summed E-state index contributed by atoms with van der Waals surface area (Å²) in [5, 5.41) is 12.2. The van der Waals surface area contributed by atoms with Gasteiger partial charge in [0.05, 0.1) is 11.5 Å². The summed E-state index contributed by atoms with van der Waals surface area (Å²) in [6.07, 6.45) is 0.729. The zero-order valence-electron chi connectivity index (χ0n) is 19.1. The normalized spacial score (nSPS) is 21.0. The highest BCUT2D eigenvalue weighted by molar-refractivity contribution is 8.04. The topological polar surface area (TPSA) is 84.9 Å². The number of rotatable bonds is 7. The van der Waals surface area contributed by atoms with Crippen molar-refractivity contribution in [1.82, 2.24) is 5.32 Å². The van der Waals surface area contributed by atoms with Gasteiger partial charge in [-0.1, -0.05) is 45.1 Å². The van der Waals surface area contributed by atoms with Gasteiger partial charge in [-0.05, 0) is 41.0 Å². The molecule has 3 rings (SSSR count). The number of thioether (sulfide) groups is 1. The molecule has 1 aromatic rings. The van der Waals surface area contributed by atoms with Gasteiger partial charge in [0.15, 0.2) is 0 Å². The predicted molar refractivity (Wildman–Crippen MR) is 122 cm³/mol. The minimum absolute atomic E-state index is 0.00859. The van der Waals surface area contributed by atoms with Crippen molar-refractivity contribution in [1.29, 1.82) is 0 Å². The molecule has 0 bridgehead atoms. The molecule has 2 N–H and O–H groups in total. The minimum Gasteiger partial charge on any atom is -0.492 e. The van der Waals surface area contributed by atoms with Gasteiger partial charge in [0.1, 0.15) is 24.2 Å². The number of nitrogens with one attached hydrogen (secondary N) is 1. The summed E-state index contributed by atoms with van der Waals surface area (Å²) >= 11 is 1.63. The molecule has 1 aliphatic carbocycles. The van der Waals surface area contributed by atoms with Crippen molar-refractivity contribution >= 4 is 23.6 Å². The Morgan fingerprint density at radius 2 is 1.82 bits per heavy atom. The van der Waals surface area contributed by atoms with Crippen molar-refractivity contribution in [2.24, 2.45) is 11.3 Å². The zero-order chi connectivity index (χ0) is 25.3. The molecule has 2 unspecified atom stereocenters. The Hall–Kier alpha value is -2.88. The van der Waals surface area contributed by atoms with Crippen LogP contribution >= 0.6 is 11.8 Å². The van der Waals surface area contributed by atoms with E-state index in [1.165, 1.54) is 24.3 Å². The van der Waals surface area contributed by atoms with Crippen LogP contribution < -0.4 is 10.1 Å². The number of fused-ring (bicyclic) bond motifs is 1. The molecular formula is C24H26F3NO5S. The molecule has 0 saturated heterocycles. The number of carboxylic acid groups (broad SMARTS) is 1. The number of hydrogen-bond donors (Lipinski definition) is 2. The van der Waals surface area contributed by atoms with E-state index < -0.39 is 29.7 Å². The molecule has 1 heterocycles. The van der Waals surface area contributed by atoms with Crippen LogP contribution in [0.3, 0.4) is 0 Å². The maximum absolute atomic E-state index is 13.1. The number of hydrogen-bond acceptors (Lipinski definition) is 5. The third-order valence-corrected chi connectivity index (χ3v) is 6.53. The molecule has 0 spiro atoms. The summed E-state index contributed by atoms with van der Waals surface area (Å²) < 4.78 is 47.1. The quantitative estimate of drug-likeness (QED) is 0.540. The molecule has 0 aromatic heterocycles. The third kappa shape index (κ3) is 6.37. The summed E-state index contributed by atoms with van der Waals surface area (Å²) in [4.78, 5) is 25.9. The molecule has 34 heavy (non-hydrogen) atoms. The number of halogens is 3. The number of benzene rings is 1. The highest BCUT2D eigenvalue weighted by Gasteiger charge is 2.38. The van der Waals surface area contributed by atoms with E-state index in [1.807, 2.05) is 19.1 Å². The second-order valence-electron chi connectivity index (χ2n) is 9.11. The van der Waals surface area contributed by atoms with Crippen LogP contribution in [0.1, 0.15) is 33.3 Å². The van der Waals surface area contributed by atoms with E-state index in [4.69, 9.17) is 4.74 Å². The Labute approximate surface area is 199 Å². The molecule has 6 nitrogen and oxygen atoms in total. The molecule has 3 atom stereocenters. The minimum atomic E-state index is -4.78. The summed E-state index contributed by atoms with van der Waals surface area (Å²) in [5.41, 5.74) is 0.0851. The van der Waals surface area contributed by atoms with Crippen LogP contribution in [0.5, 0.6) is 5.75 Å². The van der Waals surface area contributed by atoms with Crippen LogP contribution in [0.4, 0.5) is 13.2 Å². The van der Waals surface area contributed by atoms with Crippen LogP contribution in [0, 0.1) is 11.3 Å². The fourth-order valence-corrected chi connectivity index (χ4v) is 4.84. The number of carbonyl (C=O) groups excluding carboxylic acids is 1. The maximum atomic E-state index is 13.1. The molecule has 10 heteroatoms. The first kappa shape index (κ1) is 25.7. The van der Waals surface area contributed by atoms with Crippen LogP contribution in [0.2, 0.25) is 0 Å². The summed E-state index contributed by atoms with van der Waals surface area (Å²) in [6.45, 7) is 7.12. The lowest BCUT2D eigenvalue weighted by Gasteiger charge is -2.30. The van der Waals surface area contributed by atoms with E-state index in [2.05, 4.69) is 10.1 Å². The molecule has 1 aromatic carbocycles. The van der Waals surface area contributed by atoms with E-state index in [0.717, 1.165) is 4.91 Å². The summed E-state index contributed by atoms with van der Waals surface area (Å²) in [5.74, 6) is -1.88. The number of aliphatic carboxylic acids is 1. The van der Waals surface area contributed by atoms with Gasteiger partial charge >= 0.3 is 12.3 Å². The number of allylic oxidation sites excluding steroid dienone is 2. The number of amides is 1. The lowest BCUT2D eigenvalue weighted by molar-refractivity contribution is -0.274. The molecule has 0 radical (unpaired) electrons.